The number of ketones is 1. The molecule has 0 saturated heterocycles. The number of hydrogen-bond donors (Lipinski definition) is 2. The first kappa shape index (κ1) is 27.5. The molecule has 1 aliphatic heterocycles. The number of nitrogens with zero attached hydrogens (tertiary/aromatic N) is 2. The van der Waals surface area contributed by atoms with Gasteiger partial charge in [-0.25, -0.2) is 9.79 Å². The molecule has 7 nitrogen and oxygen atoms in total. The van der Waals surface area contributed by atoms with E-state index in [4.69, 9.17) is 4.99 Å². The van der Waals surface area contributed by atoms with Gasteiger partial charge >= 0.3 is 6.03 Å². The Labute approximate surface area is 239 Å². The Hall–Kier alpha value is -5.04. The zero-order chi connectivity index (χ0) is 28.9. The first-order valence-electron chi connectivity index (χ1n) is 13.6. The zero-order valence-electron chi connectivity index (χ0n) is 23.3. The summed E-state index contributed by atoms with van der Waals surface area (Å²) >= 11 is 0. The van der Waals surface area contributed by atoms with Crippen LogP contribution in [0.4, 0.5) is 16.2 Å². The summed E-state index contributed by atoms with van der Waals surface area (Å²) < 4.78 is 0. The number of Topliss-reactive ketones (excluding diaryl/α,β-unsaturated/α-hetero) is 1. The second-order valence-electron chi connectivity index (χ2n) is 10.3. The smallest absolute Gasteiger partial charge is 0.308 e. The first-order valence-corrected chi connectivity index (χ1v) is 13.6. The van der Waals surface area contributed by atoms with Gasteiger partial charge in [0.15, 0.2) is 5.78 Å². The molecule has 0 spiro atoms. The van der Waals surface area contributed by atoms with Gasteiger partial charge in [0.1, 0.15) is 0 Å². The van der Waals surface area contributed by atoms with Crippen molar-refractivity contribution in [1.82, 2.24) is 5.32 Å². The topological polar surface area (TPSA) is 90.9 Å². The highest BCUT2D eigenvalue weighted by molar-refractivity contribution is 6.21. The van der Waals surface area contributed by atoms with Gasteiger partial charge in [0, 0.05) is 22.4 Å². The fourth-order valence-corrected chi connectivity index (χ4v) is 4.87. The molecule has 0 radical (unpaired) electrons. The average Bonchev–Trinajstić information content (AvgIpc) is 3.09. The number of para-hydroxylation sites is 1. The summed E-state index contributed by atoms with van der Waals surface area (Å²) in [6, 6.07) is 31.1. The largest absolute Gasteiger partial charge is 0.321 e. The van der Waals surface area contributed by atoms with Crippen LogP contribution < -0.4 is 15.5 Å². The monoisotopic (exact) mass is 544 g/mol. The highest BCUT2D eigenvalue weighted by Crippen LogP contribution is 2.29. The maximum absolute atomic E-state index is 14.1. The number of carbonyl (C=O) groups excluding carboxylic acids is 3. The number of benzodiazepines with no additional fused rings is 1. The molecule has 2 N–H and O–H groups in total. The molecule has 0 bridgehead atoms. The Morgan fingerprint density at radius 3 is 2.22 bits per heavy atom. The number of benzene rings is 4. The fourth-order valence-electron chi connectivity index (χ4n) is 4.87. The van der Waals surface area contributed by atoms with Crippen molar-refractivity contribution in [1.29, 1.82) is 0 Å². The van der Waals surface area contributed by atoms with Crippen LogP contribution >= 0.6 is 0 Å². The van der Waals surface area contributed by atoms with Gasteiger partial charge in [-0.1, -0.05) is 98.8 Å². The lowest BCUT2D eigenvalue weighted by atomic mass is 9.99. The number of rotatable bonds is 7. The van der Waals surface area contributed by atoms with Gasteiger partial charge in [-0.3, -0.25) is 9.59 Å². The summed E-state index contributed by atoms with van der Waals surface area (Å²) in [5.74, 6) is -0.347. The Morgan fingerprint density at radius 1 is 0.854 bits per heavy atom. The molecule has 0 aliphatic carbocycles. The van der Waals surface area contributed by atoms with Crippen LogP contribution in [0.25, 0.3) is 0 Å². The summed E-state index contributed by atoms with van der Waals surface area (Å²) in [7, 11) is 0. The Balaban J connectivity index is 1.51. The van der Waals surface area contributed by atoms with Crippen molar-refractivity contribution in [2.24, 2.45) is 4.99 Å². The molecule has 0 saturated carbocycles. The number of anilines is 2. The molecular formula is C34H32N4O3. The molecular weight excluding hydrogens is 512 g/mol. The lowest BCUT2D eigenvalue weighted by Gasteiger charge is -2.25. The summed E-state index contributed by atoms with van der Waals surface area (Å²) in [5.41, 5.74) is 5.69. The van der Waals surface area contributed by atoms with E-state index in [1.807, 2.05) is 91.9 Å². The minimum Gasteiger partial charge on any atom is -0.308 e. The van der Waals surface area contributed by atoms with Gasteiger partial charge in [0.05, 0.1) is 17.9 Å². The molecule has 0 fully saturated rings. The minimum absolute atomic E-state index is 0.200. The summed E-state index contributed by atoms with van der Waals surface area (Å²) in [6.45, 7) is 5.87. The number of aliphatic imine (C=N–C) groups is 1. The number of nitrogens with one attached hydrogen (secondary N) is 2. The van der Waals surface area contributed by atoms with Crippen molar-refractivity contribution >= 4 is 34.8 Å². The van der Waals surface area contributed by atoms with Crippen LogP contribution in [0.15, 0.2) is 108 Å². The van der Waals surface area contributed by atoms with Gasteiger partial charge < -0.3 is 15.5 Å². The highest BCUT2D eigenvalue weighted by Gasteiger charge is 2.34. The van der Waals surface area contributed by atoms with E-state index in [2.05, 4.69) is 24.5 Å². The van der Waals surface area contributed by atoms with E-state index < -0.39 is 18.1 Å². The lowest BCUT2D eigenvalue weighted by molar-refractivity contribution is -0.120. The molecule has 41 heavy (non-hydrogen) atoms. The number of urea groups is 1. The van der Waals surface area contributed by atoms with Gasteiger partial charge in [0.25, 0.3) is 5.91 Å². The van der Waals surface area contributed by atoms with E-state index in [1.54, 1.807) is 18.2 Å². The van der Waals surface area contributed by atoms with Crippen LogP contribution in [0.5, 0.6) is 0 Å². The molecule has 206 valence electrons. The molecule has 4 aromatic rings. The third-order valence-corrected chi connectivity index (χ3v) is 7.11. The van der Waals surface area contributed by atoms with Crippen molar-refractivity contribution in [3.63, 3.8) is 0 Å². The standard InChI is InChI=1S/C34H32N4O3/c1-22(2)24-17-19-26(20-18-24)35-34(41)37-32-33(40)38(21-30(39)27-14-8-7-11-23(27)3)29-16-10-9-15-28(29)31(36-32)25-12-5-4-6-13-25/h4-20,22,32H,21H2,1-3H3,(H2,35,37,41). The van der Waals surface area contributed by atoms with E-state index >= 15 is 0 Å². The van der Waals surface area contributed by atoms with Crippen molar-refractivity contribution < 1.29 is 14.4 Å². The van der Waals surface area contributed by atoms with Crippen molar-refractivity contribution in [2.45, 2.75) is 32.9 Å². The van der Waals surface area contributed by atoms with E-state index in [0.29, 0.717) is 34.1 Å². The van der Waals surface area contributed by atoms with E-state index in [-0.39, 0.29) is 12.3 Å². The zero-order valence-corrected chi connectivity index (χ0v) is 23.3. The SMILES string of the molecule is Cc1ccccc1C(=O)CN1C(=O)C(NC(=O)Nc2ccc(C(C)C)cc2)N=C(c2ccccc2)c2ccccc21. The third-order valence-electron chi connectivity index (χ3n) is 7.11. The summed E-state index contributed by atoms with van der Waals surface area (Å²) in [6.07, 6.45) is -1.27. The van der Waals surface area contributed by atoms with Gasteiger partial charge in [0.2, 0.25) is 6.17 Å². The van der Waals surface area contributed by atoms with Crippen molar-refractivity contribution in [3.05, 3.63) is 131 Å². The summed E-state index contributed by atoms with van der Waals surface area (Å²) in [5, 5.41) is 5.55. The van der Waals surface area contributed by atoms with Crippen LogP contribution in [-0.4, -0.2) is 36.1 Å². The van der Waals surface area contributed by atoms with Crippen molar-refractivity contribution in [2.75, 3.05) is 16.8 Å². The lowest BCUT2D eigenvalue weighted by Crippen LogP contribution is -2.50. The van der Waals surface area contributed by atoms with E-state index in [0.717, 1.165) is 16.7 Å². The maximum atomic E-state index is 14.1. The molecule has 5 rings (SSSR count). The van der Waals surface area contributed by atoms with Crippen LogP contribution in [0.3, 0.4) is 0 Å². The molecule has 1 heterocycles. The third kappa shape index (κ3) is 6.09. The van der Waals surface area contributed by atoms with Crippen LogP contribution in [-0.2, 0) is 4.79 Å². The molecule has 1 aliphatic rings. The predicted octanol–water partition coefficient (Wildman–Crippen LogP) is 6.33. The second kappa shape index (κ2) is 12.0. The molecule has 1 atom stereocenters. The Bertz CT molecular complexity index is 1610. The minimum atomic E-state index is -1.27. The predicted molar refractivity (Wildman–Crippen MR) is 163 cm³/mol. The normalized spacial score (nSPS) is 14.6. The molecule has 3 amide bonds. The van der Waals surface area contributed by atoms with Gasteiger partial charge in [-0.2, -0.15) is 0 Å². The van der Waals surface area contributed by atoms with Gasteiger partial charge in [-0.05, 0) is 42.2 Å². The number of amides is 3. The molecule has 4 aromatic carbocycles. The van der Waals surface area contributed by atoms with Crippen molar-refractivity contribution in [3.8, 4) is 0 Å². The molecule has 7 heteroatoms. The number of fused-ring (bicyclic) bond motifs is 1. The van der Waals surface area contributed by atoms with Crippen LogP contribution in [0, 0.1) is 6.92 Å². The first-order chi connectivity index (χ1) is 19.8. The summed E-state index contributed by atoms with van der Waals surface area (Å²) in [4.78, 5) is 46.9. The number of hydrogen-bond acceptors (Lipinski definition) is 4. The molecule has 1 unspecified atom stereocenters. The number of carbonyl (C=O) groups is 3. The fraction of sp³-hybridized carbons (Fsp3) is 0.176. The van der Waals surface area contributed by atoms with E-state index in [9.17, 15) is 14.4 Å². The second-order valence-corrected chi connectivity index (χ2v) is 10.3. The van der Waals surface area contributed by atoms with Crippen LogP contribution in [0.2, 0.25) is 0 Å². The molecule has 0 aromatic heterocycles. The Kier molecular flexibility index (Phi) is 8.06. The van der Waals surface area contributed by atoms with Gasteiger partial charge in [-0.15, -0.1) is 0 Å². The van der Waals surface area contributed by atoms with E-state index in [1.165, 1.54) is 4.90 Å². The quantitative estimate of drug-likeness (QED) is 0.266. The average molecular weight is 545 g/mol. The maximum Gasteiger partial charge on any atom is 0.321 e. The highest BCUT2D eigenvalue weighted by atomic mass is 16.2. The van der Waals surface area contributed by atoms with Crippen LogP contribution in [0.1, 0.15) is 52.4 Å². The Morgan fingerprint density at radius 2 is 1.51 bits per heavy atom. The number of aryl methyl sites for hydroxylation is 1.